The van der Waals surface area contributed by atoms with Crippen LogP contribution >= 0.6 is 0 Å². The van der Waals surface area contributed by atoms with Crippen molar-refractivity contribution in [1.82, 2.24) is 5.43 Å². The predicted octanol–water partition coefficient (Wildman–Crippen LogP) is 2.48. The lowest BCUT2D eigenvalue weighted by molar-refractivity contribution is -0.141. The molecule has 0 radical (unpaired) electrons. The minimum Gasteiger partial charge on any atom is -0.466 e. The molecule has 0 aliphatic heterocycles. The minimum absolute atomic E-state index is 0.0243. The van der Waals surface area contributed by atoms with E-state index in [-0.39, 0.29) is 18.3 Å². The van der Waals surface area contributed by atoms with E-state index in [9.17, 15) is 14.4 Å². The molecular formula is C17H23N3O4. The molecule has 0 saturated carbocycles. The van der Waals surface area contributed by atoms with Crippen molar-refractivity contribution in [2.75, 3.05) is 11.9 Å². The van der Waals surface area contributed by atoms with Crippen molar-refractivity contribution >= 4 is 29.2 Å². The Morgan fingerprint density at radius 3 is 2.38 bits per heavy atom. The fourth-order valence-electron chi connectivity index (χ4n) is 1.83. The smallest absolute Gasteiger partial charge is 0.311 e. The number of nitrogens with zero attached hydrogens (tertiary/aromatic N) is 1. The number of ether oxygens (including phenoxy) is 1. The van der Waals surface area contributed by atoms with E-state index < -0.39 is 5.91 Å². The third-order valence-corrected chi connectivity index (χ3v) is 2.96. The van der Waals surface area contributed by atoms with E-state index in [1.807, 2.05) is 6.92 Å². The van der Waals surface area contributed by atoms with Crippen LogP contribution in [0.3, 0.4) is 0 Å². The number of hydrogen-bond donors (Lipinski definition) is 2. The zero-order chi connectivity index (χ0) is 17.9. The Balaban J connectivity index is 2.56. The molecule has 1 aromatic carbocycles. The van der Waals surface area contributed by atoms with Gasteiger partial charge in [-0.25, -0.2) is 5.43 Å². The third-order valence-electron chi connectivity index (χ3n) is 2.96. The van der Waals surface area contributed by atoms with E-state index in [4.69, 9.17) is 4.74 Å². The summed E-state index contributed by atoms with van der Waals surface area (Å²) in [5.41, 5.74) is 3.86. The Labute approximate surface area is 141 Å². The second-order valence-electron chi connectivity index (χ2n) is 5.15. The van der Waals surface area contributed by atoms with Gasteiger partial charge < -0.3 is 10.1 Å². The number of anilines is 1. The topological polar surface area (TPSA) is 96.9 Å². The fraction of sp³-hybridized carbons (Fsp3) is 0.412. The largest absolute Gasteiger partial charge is 0.466 e. The van der Waals surface area contributed by atoms with E-state index in [1.54, 1.807) is 38.1 Å². The van der Waals surface area contributed by atoms with Crippen LogP contribution in [0, 0.1) is 0 Å². The van der Waals surface area contributed by atoms with Gasteiger partial charge in [0.1, 0.15) is 0 Å². The highest BCUT2D eigenvalue weighted by atomic mass is 16.5. The van der Waals surface area contributed by atoms with Crippen LogP contribution in [-0.4, -0.2) is 30.1 Å². The van der Waals surface area contributed by atoms with Crippen molar-refractivity contribution < 1.29 is 19.1 Å². The minimum atomic E-state index is -0.398. The zero-order valence-electron chi connectivity index (χ0n) is 14.2. The molecule has 2 amide bonds. The van der Waals surface area contributed by atoms with Gasteiger partial charge >= 0.3 is 5.97 Å². The number of carbonyl (C=O) groups is 3. The molecule has 0 aliphatic carbocycles. The highest BCUT2D eigenvalue weighted by molar-refractivity contribution is 6.00. The van der Waals surface area contributed by atoms with Crippen molar-refractivity contribution in [1.29, 1.82) is 0 Å². The average Bonchev–Trinajstić information content (AvgIpc) is 2.53. The first-order chi connectivity index (χ1) is 11.5. The van der Waals surface area contributed by atoms with Crippen LogP contribution in [0.15, 0.2) is 29.4 Å². The molecule has 0 heterocycles. The molecule has 7 heteroatoms. The van der Waals surface area contributed by atoms with Gasteiger partial charge in [0, 0.05) is 23.4 Å². The molecule has 0 spiro atoms. The maximum absolute atomic E-state index is 12.0. The third kappa shape index (κ3) is 7.04. The Morgan fingerprint density at radius 1 is 1.12 bits per heavy atom. The summed E-state index contributed by atoms with van der Waals surface area (Å²) in [4.78, 5) is 34.8. The van der Waals surface area contributed by atoms with Crippen LogP contribution in [0.4, 0.5) is 5.69 Å². The van der Waals surface area contributed by atoms with Gasteiger partial charge in [0.05, 0.1) is 13.0 Å². The van der Waals surface area contributed by atoms with Crippen LogP contribution in [0.25, 0.3) is 0 Å². The van der Waals surface area contributed by atoms with E-state index >= 15 is 0 Å². The lowest BCUT2D eigenvalue weighted by atomic mass is 10.2. The Hall–Kier alpha value is -2.70. The van der Waals surface area contributed by atoms with Crippen molar-refractivity contribution in [2.45, 2.75) is 40.0 Å². The average molecular weight is 333 g/mol. The van der Waals surface area contributed by atoms with Crippen LogP contribution < -0.4 is 10.7 Å². The second-order valence-corrected chi connectivity index (χ2v) is 5.15. The Bertz CT molecular complexity index is 609. The summed E-state index contributed by atoms with van der Waals surface area (Å²) in [5.74, 6) is -0.848. The molecular weight excluding hydrogens is 310 g/mol. The fourth-order valence-corrected chi connectivity index (χ4v) is 1.83. The SMILES string of the molecule is CCCC(=O)Nc1ccc(C(=O)N/N=C(\C)CC(=O)OCC)cc1. The van der Waals surface area contributed by atoms with E-state index in [1.165, 1.54) is 0 Å². The summed E-state index contributed by atoms with van der Waals surface area (Å²) in [6, 6.07) is 6.48. The molecule has 0 aromatic heterocycles. The van der Waals surface area contributed by atoms with Gasteiger partial charge in [-0.15, -0.1) is 0 Å². The van der Waals surface area contributed by atoms with Crippen molar-refractivity contribution in [3.05, 3.63) is 29.8 Å². The van der Waals surface area contributed by atoms with Gasteiger partial charge in [0.2, 0.25) is 5.91 Å². The molecule has 130 valence electrons. The van der Waals surface area contributed by atoms with Crippen LogP contribution in [-0.2, 0) is 14.3 Å². The Kier molecular flexibility index (Phi) is 8.18. The first-order valence-electron chi connectivity index (χ1n) is 7.85. The summed E-state index contributed by atoms with van der Waals surface area (Å²) in [6.45, 7) is 5.58. The number of hydrogen-bond acceptors (Lipinski definition) is 5. The number of esters is 1. The van der Waals surface area contributed by atoms with Gasteiger partial charge in [0.25, 0.3) is 5.91 Å². The molecule has 0 unspecified atom stereocenters. The van der Waals surface area contributed by atoms with Gasteiger partial charge in [-0.1, -0.05) is 6.92 Å². The second kappa shape index (κ2) is 10.1. The van der Waals surface area contributed by atoms with Gasteiger partial charge in [-0.2, -0.15) is 5.10 Å². The first-order valence-corrected chi connectivity index (χ1v) is 7.85. The van der Waals surface area contributed by atoms with Crippen molar-refractivity contribution in [2.24, 2.45) is 5.10 Å². The van der Waals surface area contributed by atoms with E-state index in [0.717, 1.165) is 6.42 Å². The number of nitrogens with one attached hydrogen (secondary N) is 2. The maximum atomic E-state index is 12.0. The van der Waals surface area contributed by atoms with Crippen LogP contribution in [0.5, 0.6) is 0 Å². The summed E-state index contributed by atoms with van der Waals surface area (Å²) in [5, 5.41) is 6.61. The van der Waals surface area contributed by atoms with Crippen molar-refractivity contribution in [3.8, 4) is 0 Å². The summed E-state index contributed by atoms with van der Waals surface area (Å²) in [6.07, 6.45) is 1.25. The van der Waals surface area contributed by atoms with Crippen LogP contribution in [0.2, 0.25) is 0 Å². The van der Waals surface area contributed by atoms with Crippen molar-refractivity contribution in [3.63, 3.8) is 0 Å². The number of carbonyl (C=O) groups excluding carboxylic acids is 3. The predicted molar refractivity (Wildman–Crippen MR) is 91.8 cm³/mol. The molecule has 2 N–H and O–H groups in total. The monoisotopic (exact) mass is 333 g/mol. The van der Waals surface area contributed by atoms with Gasteiger partial charge in [0.15, 0.2) is 0 Å². The first kappa shape index (κ1) is 19.3. The van der Waals surface area contributed by atoms with Gasteiger partial charge in [-0.05, 0) is 44.5 Å². The lowest BCUT2D eigenvalue weighted by Crippen LogP contribution is -2.20. The molecule has 0 fully saturated rings. The Morgan fingerprint density at radius 2 is 1.79 bits per heavy atom. The number of rotatable bonds is 8. The normalized spacial score (nSPS) is 10.9. The lowest BCUT2D eigenvalue weighted by Gasteiger charge is -2.06. The number of benzene rings is 1. The highest BCUT2D eigenvalue weighted by Gasteiger charge is 2.08. The molecule has 0 bridgehead atoms. The molecule has 0 aliphatic rings. The zero-order valence-corrected chi connectivity index (χ0v) is 14.2. The quantitative estimate of drug-likeness (QED) is 0.434. The molecule has 1 aromatic rings. The van der Waals surface area contributed by atoms with Gasteiger partial charge in [-0.3, -0.25) is 14.4 Å². The summed E-state index contributed by atoms with van der Waals surface area (Å²) in [7, 11) is 0. The number of amides is 2. The molecule has 0 atom stereocenters. The standard InChI is InChI=1S/C17H23N3O4/c1-4-6-15(21)18-14-9-7-13(8-10-14)17(23)20-19-12(3)11-16(22)24-5-2/h7-10H,4-6,11H2,1-3H3,(H,18,21)(H,20,23)/b19-12+. The summed E-state index contributed by atoms with van der Waals surface area (Å²) >= 11 is 0. The summed E-state index contributed by atoms with van der Waals surface area (Å²) < 4.78 is 4.80. The molecule has 0 saturated heterocycles. The molecule has 24 heavy (non-hydrogen) atoms. The number of hydrazone groups is 1. The van der Waals surface area contributed by atoms with Crippen LogP contribution in [0.1, 0.15) is 50.4 Å². The van der Waals surface area contributed by atoms with E-state index in [0.29, 0.717) is 30.0 Å². The molecule has 1 rings (SSSR count). The molecule has 7 nitrogen and oxygen atoms in total. The maximum Gasteiger partial charge on any atom is 0.311 e. The van der Waals surface area contributed by atoms with E-state index in [2.05, 4.69) is 15.8 Å². The highest BCUT2D eigenvalue weighted by Crippen LogP contribution is 2.10.